The number of anilines is 2. The Balaban J connectivity index is 1.87. The van der Waals surface area contributed by atoms with Crippen molar-refractivity contribution in [2.75, 3.05) is 17.7 Å². The maximum atomic E-state index is 12.8. The van der Waals surface area contributed by atoms with Crippen LogP contribution < -0.4 is 13.8 Å². The molecule has 1 aliphatic heterocycles. The Morgan fingerprint density at radius 1 is 1.21 bits per heavy atom. The number of aryl methyl sites for hydroxylation is 1. The third kappa shape index (κ3) is 3.79. The molecule has 0 fully saturated rings. The van der Waals surface area contributed by atoms with Crippen molar-refractivity contribution in [2.45, 2.75) is 19.7 Å². The minimum absolute atomic E-state index is 0.0838. The van der Waals surface area contributed by atoms with Gasteiger partial charge in [0.25, 0.3) is 0 Å². The van der Waals surface area contributed by atoms with Crippen molar-refractivity contribution in [1.82, 2.24) is 4.98 Å². The van der Waals surface area contributed by atoms with Gasteiger partial charge in [0, 0.05) is 29.4 Å². The lowest BCUT2D eigenvalue weighted by atomic mass is 10.1. The Morgan fingerprint density at radius 3 is 2.69 bits per heavy atom. The number of fused-ring (bicyclic) bond motifs is 3. The summed E-state index contributed by atoms with van der Waals surface area (Å²) in [6.45, 7) is 2.60. The van der Waals surface area contributed by atoms with E-state index in [9.17, 15) is 13.2 Å². The summed E-state index contributed by atoms with van der Waals surface area (Å²) in [4.78, 5) is 6.27. The van der Waals surface area contributed by atoms with Gasteiger partial charge in [0.05, 0.1) is 17.7 Å². The summed E-state index contributed by atoms with van der Waals surface area (Å²) in [6.07, 6.45) is -2.34. The lowest BCUT2D eigenvalue weighted by Gasteiger charge is -2.24. The molecule has 0 spiro atoms. The first kappa shape index (κ1) is 20.0. The molecule has 3 aromatic rings. The van der Waals surface area contributed by atoms with E-state index in [2.05, 4.69) is 14.6 Å². The largest absolute Gasteiger partial charge is 0.573 e. The zero-order valence-corrected chi connectivity index (χ0v) is 17.1. The first-order chi connectivity index (χ1) is 13.8. The van der Waals surface area contributed by atoms with E-state index in [0.717, 1.165) is 28.3 Å². The highest BCUT2D eigenvalue weighted by molar-refractivity contribution is 7.94. The van der Waals surface area contributed by atoms with Gasteiger partial charge in [-0.3, -0.25) is 0 Å². The van der Waals surface area contributed by atoms with Gasteiger partial charge in [-0.2, -0.15) is 0 Å². The molecular formula is C20H16ClF3N2O2S. The second-order valence-electron chi connectivity index (χ2n) is 6.53. The molecule has 0 radical (unpaired) electrons. The SMILES string of the molecule is CSOc1ccc(N2CCc3c(Cl)nc4c(OC(F)(F)F)cccc4c32)c(C)c1. The number of nitrogens with zero attached hydrogens (tertiary/aromatic N) is 2. The Hall–Kier alpha value is -2.32. The molecule has 0 atom stereocenters. The molecule has 1 aromatic heterocycles. The van der Waals surface area contributed by atoms with Gasteiger partial charge in [0.2, 0.25) is 0 Å². The fourth-order valence-electron chi connectivity index (χ4n) is 3.65. The minimum atomic E-state index is -4.81. The van der Waals surface area contributed by atoms with Crippen LogP contribution in [0.4, 0.5) is 24.5 Å². The van der Waals surface area contributed by atoms with Crippen LogP contribution in [0.1, 0.15) is 11.1 Å². The van der Waals surface area contributed by atoms with Crippen LogP contribution >= 0.6 is 23.6 Å². The van der Waals surface area contributed by atoms with E-state index in [1.165, 1.54) is 24.2 Å². The van der Waals surface area contributed by atoms with E-state index in [1.54, 1.807) is 6.07 Å². The van der Waals surface area contributed by atoms with Crippen LogP contribution in [-0.4, -0.2) is 24.1 Å². The highest BCUT2D eigenvalue weighted by atomic mass is 35.5. The maximum absolute atomic E-state index is 12.8. The highest BCUT2D eigenvalue weighted by Gasteiger charge is 2.34. The number of rotatable bonds is 4. The van der Waals surface area contributed by atoms with E-state index in [1.807, 2.05) is 31.4 Å². The van der Waals surface area contributed by atoms with E-state index in [-0.39, 0.29) is 16.4 Å². The fraction of sp³-hybridized carbons (Fsp3) is 0.250. The summed E-state index contributed by atoms with van der Waals surface area (Å²) < 4.78 is 48.1. The van der Waals surface area contributed by atoms with Crippen LogP contribution in [0.3, 0.4) is 0 Å². The Kier molecular flexibility index (Phi) is 5.16. The van der Waals surface area contributed by atoms with Crippen molar-refractivity contribution in [1.29, 1.82) is 0 Å². The molecule has 4 rings (SSSR count). The van der Waals surface area contributed by atoms with Gasteiger partial charge in [-0.25, -0.2) is 4.98 Å². The molecule has 2 heterocycles. The average molecular weight is 441 g/mol. The molecule has 1 aliphatic rings. The van der Waals surface area contributed by atoms with E-state index >= 15 is 0 Å². The summed E-state index contributed by atoms with van der Waals surface area (Å²) in [5.41, 5.74) is 3.57. The van der Waals surface area contributed by atoms with Gasteiger partial charge in [-0.1, -0.05) is 23.7 Å². The van der Waals surface area contributed by atoms with Gasteiger partial charge in [0.15, 0.2) is 5.75 Å². The fourth-order valence-corrected chi connectivity index (χ4v) is 4.21. The van der Waals surface area contributed by atoms with Crippen LogP contribution in [-0.2, 0) is 6.42 Å². The van der Waals surface area contributed by atoms with Crippen LogP contribution in [0.2, 0.25) is 5.15 Å². The highest BCUT2D eigenvalue weighted by Crippen LogP contribution is 2.45. The van der Waals surface area contributed by atoms with Crippen molar-refractivity contribution in [3.8, 4) is 11.5 Å². The predicted octanol–water partition coefficient (Wildman–Crippen LogP) is 6.45. The van der Waals surface area contributed by atoms with E-state index in [4.69, 9.17) is 15.8 Å². The average Bonchev–Trinajstić information content (AvgIpc) is 3.08. The third-order valence-electron chi connectivity index (χ3n) is 4.72. The molecule has 29 heavy (non-hydrogen) atoms. The summed E-state index contributed by atoms with van der Waals surface area (Å²) >= 11 is 7.61. The van der Waals surface area contributed by atoms with Gasteiger partial charge < -0.3 is 13.8 Å². The van der Waals surface area contributed by atoms with E-state index in [0.29, 0.717) is 18.4 Å². The first-order valence-electron chi connectivity index (χ1n) is 8.74. The summed E-state index contributed by atoms with van der Waals surface area (Å²) in [7, 11) is 0. The monoisotopic (exact) mass is 440 g/mol. The number of alkyl halides is 3. The summed E-state index contributed by atoms with van der Waals surface area (Å²) in [5.74, 6) is 0.364. The Bertz CT molecular complexity index is 1090. The van der Waals surface area contributed by atoms with Gasteiger partial charge in [-0.15, -0.1) is 13.2 Å². The van der Waals surface area contributed by atoms with Crippen molar-refractivity contribution < 1.29 is 22.1 Å². The standard InChI is InChI=1S/C20H16ClF3N2O2S/c1-11-10-12(28-29-2)6-7-15(11)26-9-8-14-18(26)13-4-3-5-16(27-20(22,23)24)17(13)25-19(14)21/h3-7,10H,8-9H2,1-2H3. The summed E-state index contributed by atoms with van der Waals surface area (Å²) in [5, 5.41) is 0.751. The molecule has 0 N–H and O–H groups in total. The van der Waals surface area contributed by atoms with Crippen LogP contribution in [0, 0.1) is 6.92 Å². The number of pyridine rings is 1. The topological polar surface area (TPSA) is 34.6 Å². The second-order valence-corrected chi connectivity index (χ2v) is 7.39. The smallest absolute Gasteiger partial charge is 0.426 e. The quantitative estimate of drug-likeness (QED) is 0.344. The zero-order chi connectivity index (χ0) is 20.8. The predicted molar refractivity (Wildman–Crippen MR) is 109 cm³/mol. The molecular weight excluding hydrogens is 425 g/mol. The van der Waals surface area contributed by atoms with Crippen LogP contribution in [0.25, 0.3) is 10.9 Å². The Labute approximate surface area is 174 Å². The molecule has 0 bridgehead atoms. The zero-order valence-electron chi connectivity index (χ0n) is 15.5. The molecule has 0 saturated heterocycles. The van der Waals surface area contributed by atoms with Crippen LogP contribution in [0.15, 0.2) is 36.4 Å². The number of hydrogen-bond donors (Lipinski definition) is 0. The molecule has 4 nitrogen and oxygen atoms in total. The molecule has 0 amide bonds. The number of ether oxygens (including phenoxy) is 1. The number of aromatic nitrogens is 1. The van der Waals surface area contributed by atoms with Gasteiger partial charge >= 0.3 is 6.36 Å². The van der Waals surface area contributed by atoms with Crippen molar-refractivity contribution in [2.24, 2.45) is 0 Å². The molecule has 0 unspecified atom stereocenters. The molecule has 0 saturated carbocycles. The van der Waals surface area contributed by atoms with Gasteiger partial charge in [-0.05, 0) is 43.2 Å². The maximum Gasteiger partial charge on any atom is 0.573 e. The third-order valence-corrected chi connectivity index (χ3v) is 5.39. The summed E-state index contributed by atoms with van der Waals surface area (Å²) in [6, 6.07) is 10.2. The number of benzene rings is 2. The minimum Gasteiger partial charge on any atom is -0.426 e. The molecule has 0 aliphatic carbocycles. The number of halogens is 4. The van der Waals surface area contributed by atoms with Crippen LogP contribution in [0.5, 0.6) is 11.5 Å². The Morgan fingerprint density at radius 2 is 2.00 bits per heavy atom. The second kappa shape index (κ2) is 7.50. The van der Waals surface area contributed by atoms with Gasteiger partial charge in [0.1, 0.15) is 16.4 Å². The number of hydrogen-bond acceptors (Lipinski definition) is 5. The molecule has 2 aromatic carbocycles. The lowest BCUT2D eigenvalue weighted by Crippen LogP contribution is -2.18. The lowest BCUT2D eigenvalue weighted by molar-refractivity contribution is -0.274. The normalized spacial score (nSPS) is 13.7. The number of para-hydroxylation sites is 1. The van der Waals surface area contributed by atoms with Crippen molar-refractivity contribution in [3.63, 3.8) is 0 Å². The van der Waals surface area contributed by atoms with Crippen molar-refractivity contribution in [3.05, 3.63) is 52.7 Å². The van der Waals surface area contributed by atoms with E-state index < -0.39 is 6.36 Å². The molecule has 9 heteroatoms. The van der Waals surface area contributed by atoms with Crippen molar-refractivity contribution >= 4 is 45.9 Å². The molecule has 152 valence electrons. The first-order valence-corrected chi connectivity index (χ1v) is 10.3.